The molecule has 3 aliphatic rings. The van der Waals surface area contributed by atoms with Gasteiger partial charge in [0, 0.05) is 51.9 Å². The first-order valence-electron chi connectivity index (χ1n) is 9.69. The first kappa shape index (κ1) is 20.7. The van der Waals surface area contributed by atoms with Crippen LogP contribution in [0.15, 0.2) is 4.99 Å². The van der Waals surface area contributed by atoms with Gasteiger partial charge >= 0.3 is 0 Å². The smallest absolute Gasteiger partial charge is 0.239 e. The fraction of sp³-hybridized carbons (Fsp3) is 0.889. The van der Waals surface area contributed by atoms with Gasteiger partial charge in [-0.3, -0.25) is 14.7 Å². The zero-order chi connectivity index (χ0) is 17.1. The van der Waals surface area contributed by atoms with Crippen LogP contribution < -0.4 is 5.32 Å². The number of nitrogens with one attached hydrogen (secondary N) is 1. The van der Waals surface area contributed by atoms with Crippen LogP contribution >= 0.6 is 24.0 Å². The van der Waals surface area contributed by atoms with E-state index in [2.05, 4.69) is 40.9 Å². The minimum Gasteiger partial charge on any atom is -0.353 e. The summed E-state index contributed by atoms with van der Waals surface area (Å²) in [6, 6.07) is 0.609. The molecular formula is C18H34IN5O. The molecule has 3 rings (SSSR count). The number of halogens is 1. The molecule has 2 aliphatic heterocycles. The quantitative estimate of drug-likeness (QED) is 0.391. The summed E-state index contributed by atoms with van der Waals surface area (Å²) in [5.41, 5.74) is 0. The van der Waals surface area contributed by atoms with Crippen LogP contribution in [0.5, 0.6) is 0 Å². The van der Waals surface area contributed by atoms with E-state index in [0.717, 1.165) is 70.5 Å². The minimum atomic E-state index is 0. The molecule has 0 spiro atoms. The molecule has 1 amide bonds. The van der Waals surface area contributed by atoms with Gasteiger partial charge < -0.3 is 15.1 Å². The Hall–Kier alpha value is -0.570. The van der Waals surface area contributed by atoms with E-state index in [-0.39, 0.29) is 30.0 Å². The van der Waals surface area contributed by atoms with Crippen molar-refractivity contribution in [3.05, 3.63) is 0 Å². The number of aliphatic imine (C=N–C) groups is 1. The zero-order valence-electron chi connectivity index (χ0n) is 15.9. The normalized spacial score (nSPS) is 28.5. The van der Waals surface area contributed by atoms with Crippen molar-refractivity contribution in [1.29, 1.82) is 0 Å². The summed E-state index contributed by atoms with van der Waals surface area (Å²) in [5.74, 6) is 2.14. The Labute approximate surface area is 169 Å². The highest BCUT2D eigenvalue weighted by molar-refractivity contribution is 14.0. The number of guanidine groups is 1. The summed E-state index contributed by atoms with van der Waals surface area (Å²) < 4.78 is 0. The van der Waals surface area contributed by atoms with Crippen LogP contribution in [0.4, 0.5) is 0 Å². The third-order valence-corrected chi connectivity index (χ3v) is 5.67. The number of hydrogen-bond acceptors (Lipinski definition) is 3. The van der Waals surface area contributed by atoms with E-state index >= 15 is 0 Å². The van der Waals surface area contributed by atoms with Crippen molar-refractivity contribution in [3.63, 3.8) is 0 Å². The molecular weight excluding hydrogens is 429 g/mol. The van der Waals surface area contributed by atoms with Crippen molar-refractivity contribution in [2.75, 3.05) is 45.8 Å². The lowest BCUT2D eigenvalue weighted by Gasteiger charge is -2.39. The van der Waals surface area contributed by atoms with Gasteiger partial charge in [-0.05, 0) is 39.0 Å². The number of carbonyl (C=O) groups is 1. The summed E-state index contributed by atoms with van der Waals surface area (Å²) in [5, 5.41) is 3.61. The molecule has 7 heteroatoms. The summed E-state index contributed by atoms with van der Waals surface area (Å²) in [6.45, 7) is 12.9. The second kappa shape index (κ2) is 9.39. The average molecular weight is 463 g/mol. The maximum atomic E-state index is 12.6. The van der Waals surface area contributed by atoms with Gasteiger partial charge in [0.2, 0.25) is 5.91 Å². The third kappa shape index (κ3) is 5.21. The molecule has 6 nitrogen and oxygen atoms in total. The SMILES string of the molecule is CCN=C(NC1CC1C)N1CCN(C(C)C(=O)N2CCCC2)CC1.I. The molecule has 0 aromatic heterocycles. The predicted octanol–water partition coefficient (Wildman–Crippen LogP) is 1.61. The van der Waals surface area contributed by atoms with Crippen molar-refractivity contribution in [2.24, 2.45) is 10.9 Å². The van der Waals surface area contributed by atoms with Crippen LogP contribution in [0.1, 0.15) is 40.0 Å². The zero-order valence-corrected chi connectivity index (χ0v) is 18.2. The van der Waals surface area contributed by atoms with Crippen LogP contribution in [-0.4, -0.2) is 84.5 Å². The average Bonchev–Trinajstić information content (AvgIpc) is 3.06. The lowest BCUT2D eigenvalue weighted by atomic mass is 10.2. The lowest BCUT2D eigenvalue weighted by molar-refractivity contribution is -0.135. The second-order valence-corrected chi connectivity index (χ2v) is 7.49. The molecule has 0 bridgehead atoms. The fourth-order valence-corrected chi connectivity index (χ4v) is 3.75. The number of nitrogens with zero attached hydrogens (tertiary/aromatic N) is 4. The molecule has 1 N–H and O–H groups in total. The van der Waals surface area contributed by atoms with Gasteiger partial charge in [0.15, 0.2) is 5.96 Å². The van der Waals surface area contributed by atoms with E-state index in [1.165, 1.54) is 6.42 Å². The Morgan fingerprint density at radius 1 is 1.12 bits per heavy atom. The van der Waals surface area contributed by atoms with Crippen LogP contribution in [-0.2, 0) is 4.79 Å². The Kier molecular flexibility index (Phi) is 7.79. The van der Waals surface area contributed by atoms with Crippen LogP contribution in [0.25, 0.3) is 0 Å². The largest absolute Gasteiger partial charge is 0.353 e. The van der Waals surface area contributed by atoms with E-state index in [1.807, 2.05) is 4.90 Å². The molecule has 3 fully saturated rings. The molecule has 0 aromatic rings. The highest BCUT2D eigenvalue weighted by Crippen LogP contribution is 2.29. The van der Waals surface area contributed by atoms with Gasteiger partial charge in [0.25, 0.3) is 0 Å². The van der Waals surface area contributed by atoms with E-state index in [4.69, 9.17) is 0 Å². The number of rotatable bonds is 4. The van der Waals surface area contributed by atoms with E-state index in [1.54, 1.807) is 0 Å². The molecule has 0 radical (unpaired) electrons. The maximum absolute atomic E-state index is 12.6. The lowest BCUT2D eigenvalue weighted by Crippen LogP contribution is -2.57. The standard InChI is InChI=1S/C18H33N5O.HI/c1-4-19-18(20-16-13-14(16)2)23-11-9-21(10-12-23)15(3)17(24)22-7-5-6-8-22;/h14-16H,4-13H2,1-3H3,(H,19,20);1H. The number of amides is 1. The number of carbonyl (C=O) groups excluding carboxylic acids is 1. The first-order chi connectivity index (χ1) is 11.6. The second-order valence-electron chi connectivity index (χ2n) is 7.49. The van der Waals surface area contributed by atoms with Crippen LogP contribution in [0, 0.1) is 5.92 Å². The highest BCUT2D eigenvalue weighted by Gasteiger charge is 2.35. The van der Waals surface area contributed by atoms with Crippen LogP contribution in [0.2, 0.25) is 0 Å². The van der Waals surface area contributed by atoms with Crippen molar-refractivity contribution in [2.45, 2.75) is 52.1 Å². The maximum Gasteiger partial charge on any atom is 0.239 e. The van der Waals surface area contributed by atoms with Crippen molar-refractivity contribution in [1.82, 2.24) is 20.0 Å². The summed E-state index contributed by atoms with van der Waals surface area (Å²) >= 11 is 0. The predicted molar refractivity (Wildman–Crippen MR) is 113 cm³/mol. The van der Waals surface area contributed by atoms with Crippen LogP contribution in [0.3, 0.4) is 0 Å². The van der Waals surface area contributed by atoms with Gasteiger partial charge in [0.1, 0.15) is 0 Å². The highest BCUT2D eigenvalue weighted by atomic mass is 127. The Balaban J connectivity index is 0.00000225. The van der Waals surface area contributed by atoms with Gasteiger partial charge in [-0.25, -0.2) is 0 Å². The Morgan fingerprint density at radius 2 is 1.72 bits per heavy atom. The third-order valence-electron chi connectivity index (χ3n) is 5.67. The van der Waals surface area contributed by atoms with Crippen molar-refractivity contribution in [3.8, 4) is 0 Å². The van der Waals surface area contributed by atoms with Gasteiger partial charge in [-0.2, -0.15) is 0 Å². The van der Waals surface area contributed by atoms with Crippen molar-refractivity contribution < 1.29 is 4.79 Å². The molecule has 0 aromatic carbocycles. The number of piperazine rings is 1. The molecule has 1 saturated carbocycles. The molecule has 25 heavy (non-hydrogen) atoms. The van der Waals surface area contributed by atoms with E-state index in [0.29, 0.717) is 11.9 Å². The van der Waals surface area contributed by atoms with Gasteiger partial charge in [0.05, 0.1) is 6.04 Å². The van der Waals surface area contributed by atoms with E-state index < -0.39 is 0 Å². The fourth-order valence-electron chi connectivity index (χ4n) is 3.75. The summed E-state index contributed by atoms with van der Waals surface area (Å²) in [4.78, 5) is 24.0. The molecule has 3 unspecified atom stereocenters. The molecule has 1 aliphatic carbocycles. The summed E-state index contributed by atoms with van der Waals surface area (Å²) in [6.07, 6.45) is 3.58. The summed E-state index contributed by atoms with van der Waals surface area (Å²) in [7, 11) is 0. The number of hydrogen-bond donors (Lipinski definition) is 1. The van der Waals surface area contributed by atoms with E-state index in [9.17, 15) is 4.79 Å². The molecule has 3 atom stereocenters. The van der Waals surface area contributed by atoms with Gasteiger partial charge in [-0.1, -0.05) is 6.92 Å². The first-order valence-corrected chi connectivity index (χ1v) is 9.69. The topological polar surface area (TPSA) is 51.2 Å². The molecule has 2 heterocycles. The number of likely N-dealkylation sites (tertiary alicyclic amines) is 1. The Bertz CT molecular complexity index is 472. The minimum absolute atomic E-state index is 0. The Morgan fingerprint density at radius 3 is 2.24 bits per heavy atom. The van der Waals surface area contributed by atoms with Crippen molar-refractivity contribution >= 4 is 35.8 Å². The monoisotopic (exact) mass is 463 g/mol. The molecule has 2 saturated heterocycles. The van der Waals surface area contributed by atoms with Gasteiger partial charge in [-0.15, -0.1) is 24.0 Å². The molecule has 144 valence electrons.